The second kappa shape index (κ2) is 8.76. The quantitative estimate of drug-likeness (QED) is 0.586. The summed E-state index contributed by atoms with van der Waals surface area (Å²) in [6, 6.07) is 10.3. The lowest BCUT2D eigenvalue weighted by Gasteiger charge is -2.23. The van der Waals surface area contributed by atoms with E-state index in [0.717, 1.165) is 4.90 Å². The van der Waals surface area contributed by atoms with Crippen LogP contribution < -0.4 is 5.32 Å². The van der Waals surface area contributed by atoms with E-state index >= 15 is 0 Å². The summed E-state index contributed by atoms with van der Waals surface area (Å²) in [6.07, 6.45) is 0.418. The van der Waals surface area contributed by atoms with Crippen LogP contribution in [-0.4, -0.2) is 60.0 Å². The third-order valence-corrected chi connectivity index (χ3v) is 4.24. The molecule has 8 nitrogen and oxygen atoms in total. The van der Waals surface area contributed by atoms with E-state index < -0.39 is 23.8 Å². The van der Waals surface area contributed by atoms with Crippen molar-refractivity contribution >= 4 is 29.7 Å². The molecule has 2 atom stereocenters. The lowest BCUT2D eigenvalue weighted by molar-refractivity contribution is -0.140. The maximum atomic E-state index is 12.4. The van der Waals surface area contributed by atoms with Crippen LogP contribution in [0.15, 0.2) is 30.3 Å². The third-order valence-electron chi connectivity index (χ3n) is 4.24. The topological polar surface area (TPSA) is 111 Å². The Labute approximate surface area is 151 Å². The SMILES string of the molecule is CN(CC(=O)N1CC(C(=O)Nc2ccccc2)CC1C#N)C(=O)CC=O. The van der Waals surface area contributed by atoms with Crippen molar-refractivity contribution in [2.75, 3.05) is 25.5 Å². The van der Waals surface area contributed by atoms with Crippen molar-refractivity contribution < 1.29 is 19.2 Å². The van der Waals surface area contributed by atoms with Crippen LogP contribution in [0.1, 0.15) is 12.8 Å². The minimum atomic E-state index is -0.719. The molecule has 0 aliphatic carbocycles. The average Bonchev–Trinajstić information content (AvgIpc) is 3.07. The summed E-state index contributed by atoms with van der Waals surface area (Å²) in [7, 11) is 1.42. The van der Waals surface area contributed by atoms with Crippen molar-refractivity contribution in [3.63, 3.8) is 0 Å². The molecule has 0 saturated carbocycles. The fraction of sp³-hybridized carbons (Fsp3) is 0.389. The number of anilines is 1. The van der Waals surface area contributed by atoms with Crippen molar-refractivity contribution in [3.05, 3.63) is 30.3 Å². The number of hydrogen-bond acceptors (Lipinski definition) is 5. The Morgan fingerprint density at radius 3 is 2.65 bits per heavy atom. The summed E-state index contributed by atoms with van der Waals surface area (Å²) in [5, 5.41) is 12.1. The van der Waals surface area contributed by atoms with E-state index in [9.17, 15) is 24.4 Å². The van der Waals surface area contributed by atoms with Gasteiger partial charge in [-0.2, -0.15) is 5.26 Å². The van der Waals surface area contributed by atoms with E-state index in [1.54, 1.807) is 24.3 Å². The molecule has 2 rings (SSSR count). The smallest absolute Gasteiger partial charge is 0.243 e. The molecule has 1 aliphatic heterocycles. The zero-order valence-electron chi connectivity index (χ0n) is 14.4. The minimum Gasteiger partial charge on any atom is -0.336 e. The van der Waals surface area contributed by atoms with Gasteiger partial charge in [0.25, 0.3) is 0 Å². The van der Waals surface area contributed by atoms with Gasteiger partial charge in [-0.05, 0) is 18.6 Å². The number of aldehydes is 1. The first-order chi connectivity index (χ1) is 12.5. The second-order valence-corrected chi connectivity index (χ2v) is 6.10. The van der Waals surface area contributed by atoms with Crippen molar-refractivity contribution in [1.82, 2.24) is 9.80 Å². The Morgan fingerprint density at radius 1 is 1.35 bits per heavy atom. The Kier molecular flexibility index (Phi) is 6.44. The summed E-state index contributed by atoms with van der Waals surface area (Å²) in [5.41, 5.74) is 0.648. The molecule has 8 heteroatoms. The van der Waals surface area contributed by atoms with Gasteiger partial charge in [0, 0.05) is 19.3 Å². The molecule has 1 fully saturated rings. The summed E-state index contributed by atoms with van der Waals surface area (Å²) in [6.45, 7) is -0.122. The van der Waals surface area contributed by atoms with Crippen molar-refractivity contribution in [2.24, 2.45) is 5.92 Å². The van der Waals surface area contributed by atoms with Gasteiger partial charge in [0.05, 0.1) is 25.0 Å². The monoisotopic (exact) mass is 356 g/mol. The molecule has 1 N–H and O–H groups in total. The van der Waals surface area contributed by atoms with Crippen LogP contribution in [0.5, 0.6) is 0 Å². The summed E-state index contributed by atoms with van der Waals surface area (Å²) < 4.78 is 0. The average molecular weight is 356 g/mol. The lowest BCUT2D eigenvalue weighted by atomic mass is 10.1. The highest BCUT2D eigenvalue weighted by Gasteiger charge is 2.39. The Hall–Kier alpha value is -3.21. The van der Waals surface area contributed by atoms with Crippen LogP contribution in [0.25, 0.3) is 0 Å². The molecule has 1 aromatic carbocycles. The molecule has 1 aromatic rings. The normalized spacial score (nSPS) is 18.7. The van der Waals surface area contributed by atoms with Gasteiger partial charge in [-0.25, -0.2) is 0 Å². The van der Waals surface area contributed by atoms with E-state index in [1.807, 2.05) is 12.1 Å². The van der Waals surface area contributed by atoms with Gasteiger partial charge in [-0.1, -0.05) is 18.2 Å². The largest absolute Gasteiger partial charge is 0.336 e. The van der Waals surface area contributed by atoms with E-state index in [4.69, 9.17) is 0 Å². The standard InChI is InChI=1S/C18H20N4O4/c1-21(16(24)7-8-23)12-17(25)22-11-13(9-15(22)10-19)18(26)20-14-5-3-2-4-6-14/h2-6,8,13,15H,7,9,11-12H2,1H3,(H,20,26). The first-order valence-electron chi connectivity index (χ1n) is 8.18. The van der Waals surface area contributed by atoms with Crippen molar-refractivity contribution in [2.45, 2.75) is 18.9 Å². The number of carbonyl (C=O) groups excluding carboxylic acids is 4. The molecule has 1 saturated heterocycles. The summed E-state index contributed by atoms with van der Waals surface area (Å²) in [5.74, 6) is -1.65. The van der Waals surface area contributed by atoms with E-state index in [-0.39, 0.29) is 31.8 Å². The third kappa shape index (κ3) is 4.66. The number of para-hydroxylation sites is 1. The number of hydrogen-bond donors (Lipinski definition) is 1. The van der Waals surface area contributed by atoms with Crippen LogP contribution in [0.3, 0.4) is 0 Å². The predicted octanol–water partition coefficient (Wildman–Crippen LogP) is 0.413. The highest BCUT2D eigenvalue weighted by atomic mass is 16.2. The van der Waals surface area contributed by atoms with Gasteiger partial charge >= 0.3 is 0 Å². The molecule has 136 valence electrons. The highest BCUT2D eigenvalue weighted by molar-refractivity contribution is 5.94. The number of nitrogens with one attached hydrogen (secondary N) is 1. The number of nitriles is 1. The maximum Gasteiger partial charge on any atom is 0.243 e. The Balaban J connectivity index is 1.98. The van der Waals surface area contributed by atoms with Crippen LogP contribution in [-0.2, 0) is 19.2 Å². The number of amides is 3. The number of likely N-dealkylation sites (N-methyl/N-ethyl adjacent to an activating group) is 1. The van der Waals surface area contributed by atoms with Gasteiger partial charge in [0.2, 0.25) is 17.7 Å². The molecule has 0 aromatic heterocycles. The van der Waals surface area contributed by atoms with Crippen molar-refractivity contribution in [3.8, 4) is 6.07 Å². The van der Waals surface area contributed by atoms with Crippen LogP contribution >= 0.6 is 0 Å². The van der Waals surface area contributed by atoms with Gasteiger partial charge < -0.3 is 19.9 Å². The Bertz CT molecular complexity index is 728. The van der Waals surface area contributed by atoms with E-state index in [1.165, 1.54) is 11.9 Å². The van der Waals surface area contributed by atoms with E-state index in [0.29, 0.717) is 12.0 Å². The summed E-state index contributed by atoms with van der Waals surface area (Å²) >= 11 is 0. The van der Waals surface area contributed by atoms with Gasteiger partial charge in [0.15, 0.2) is 0 Å². The Morgan fingerprint density at radius 2 is 2.04 bits per heavy atom. The minimum absolute atomic E-state index is 0.117. The molecular weight excluding hydrogens is 336 g/mol. The van der Waals surface area contributed by atoms with Gasteiger partial charge in [-0.3, -0.25) is 14.4 Å². The maximum absolute atomic E-state index is 12.4. The molecule has 2 unspecified atom stereocenters. The fourth-order valence-electron chi connectivity index (χ4n) is 2.80. The molecular formula is C18H20N4O4. The first-order valence-corrected chi connectivity index (χ1v) is 8.18. The second-order valence-electron chi connectivity index (χ2n) is 6.10. The van der Waals surface area contributed by atoms with Gasteiger partial charge in [-0.15, -0.1) is 0 Å². The molecule has 0 spiro atoms. The highest BCUT2D eigenvalue weighted by Crippen LogP contribution is 2.24. The zero-order valence-corrected chi connectivity index (χ0v) is 14.4. The van der Waals surface area contributed by atoms with Crippen LogP contribution in [0, 0.1) is 17.2 Å². The summed E-state index contributed by atoms with van der Waals surface area (Å²) in [4.78, 5) is 49.3. The van der Waals surface area contributed by atoms with Crippen LogP contribution in [0.2, 0.25) is 0 Å². The lowest BCUT2D eigenvalue weighted by Crippen LogP contribution is -2.43. The fourth-order valence-corrected chi connectivity index (χ4v) is 2.80. The predicted molar refractivity (Wildman–Crippen MR) is 92.6 cm³/mol. The molecule has 1 heterocycles. The number of benzene rings is 1. The molecule has 0 radical (unpaired) electrons. The number of likely N-dealkylation sites (tertiary alicyclic amines) is 1. The molecule has 0 bridgehead atoms. The van der Waals surface area contributed by atoms with Crippen LogP contribution in [0.4, 0.5) is 5.69 Å². The molecule has 26 heavy (non-hydrogen) atoms. The first kappa shape index (κ1) is 19.1. The van der Waals surface area contributed by atoms with Gasteiger partial charge in [0.1, 0.15) is 12.3 Å². The van der Waals surface area contributed by atoms with Crippen molar-refractivity contribution in [1.29, 1.82) is 5.26 Å². The molecule has 3 amide bonds. The number of carbonyl (C=O) groups is 4. The number of nitrogens with zero attached hydrogens (tertiary/aromatic N) is 3. The number of rotatable bonds is 6. The zero-order chi connectivity index (χ0) is 19.1. The molecule has 1 aliphatic rings. The van der Waals surface area contributed by atoms with E-state index in [2.05, 4.69) is 5.32 Å².